The van der Waals surface area contributed by atoms with E-state index >= 15 is 0 Å². The number of urea groups is 1. The first-order valence-electron chi connectivity index (χ1n) is 9.61. The molecule has 0 fully saturated rings. The molecule has 3 rings (SSSR count). The number of halogens is 1. The van der Waals surface area contributed by atoms with Crippen molar-refractivity contribution in [3.05, 3.63) is 70.1 Å². The zero-order valence-corrected chi connectivity index (χ0v) is 18.6. The Bertz CT molecular complexity index is 1040. The molecule has 0 unspecified atom stereocenters. The van der Waals surface area contributed by atoms with Crippen LogP contribution < -0.4 is 10.6 Å². The van der Waals surface area contributed by atoms with Gasteiger partial charge in [0, 0.05) is 21.7 Å². The zero-order chi connectivity index (χ0) is 21.7. The molecule has 2 amide bonds. The van der Waals surface area contributed by atoms with Crippen molar-refractivity contribution in [3.63, 3.8) is 0 Å². The summed E-state index contributed by atoms with van der Waals surface area (Å²) in [4.78, 5) is 25.2. The Balaban J connectivity index is 1.89. The van der Waals surface area contributed by atoms with Crippen LogP contribution in [-0.4, -0.2) is 18.6 Å². The Morgan fingerprint density at radius 3 is 2.47 bits per heavy atom. The van der Waals surface area contributed by atoms with Crippen molar-refractivity contribution in [1.82, 2.24) is 0 Å². The topological polar surface area (TPSA) is 67.4 Å². The number of hydrogen-bond donors (Lipinski definition) is 2. The highest BCUT2D eigenvalue weighted by molar-refractivity contribution is 7.15. The highest BCUT2D eigenvalue weighted by atomic mass is 35.5. The van der Waals surface area contributed by atoms with Gasteiger partial charge in [0.1, 0.15) is 10.6 Å². The van der Waals surface area contributed by atoms with Crippen molar-refractivity contribution in [3.8, 4) is 11.1 Å². The van der Waals surface area contributed by atoms with Crippen LogP contribution >= 0.6 is 22.9 Å². The zero-order valence-electron chi connectivity index (χ0n) is 17.0. The molecule has 0 spiro atoms. The summed E-state index contributed by atoms with van der Waals surface area (Å²) < 4.78 is 5.25. The molecule has 0 atom stereocenters. The molecule has 0 saturated heterocycles. The molecule has 0 aliphatic heterocycles. The molecule has 7 heteroatoms. The van der Waals surface area contributed by atoms with Crippen LogP contribution in [0.3, 0.4) is 0 Å². The fraction of sp³-hybridized carbons (Fsp3) is 0.217. The first kappa shape index (κ1) is 21.9. The van der Waals surface area contributed by atoms with Crippen molar-refractivity contribution < 1.29 is 14.3 Å². The molecule has 30 heavy (non-hydrogen) atoms. The Morgan fingerprint density at radius 2 is 1.83 bits per heavy atom. The van der Waals surface area contributed by atoms with Crippen LogP contribution in [0, 0.1) is 0 Å². The summed E-state index contributed by atoms with van der Waals surface area (Å²) in [5, 5.41) is 8.28. The molecule has 2 N–H and O–H groups in total. The minimum Gasteiger partial charge on any atom is -0.462 e. The molecule has 0 bridgehead atoms. The third-order valence-electron chi connectivity index (χ3n) is 4.47. The van der Waals surface area contributed by atoms with Gasteiger partial charge in [-0.15, -0.1) is 11.3 Å². The fourth-order valence-corrected chi connectivity index (χ4v) is 4.09. The fourth-order valence-electron chi connectivity index (χ4n) is 2.95. The summed E-state index contributed by atoms with van der Waals surface area (Å²) >= 11 is 7.24. The first-order chi connectivity index (χ1) is 14.4. The van der Waals surface area contributed by atoms with E-state index < -0.39 is 12.0 Å². The average molecular weight is 443 g/mol. The van der Waals surface area contributed by atoms with E-state index in [1.165, 1.54) is 16.9 Å². The van der Waals surface area contributed by atoms with E-state index in [1.54, 1.807) is 31.2 Å². The predicted octanol–water partition coefficient (Wildman–Crippen LogP) is 7.01. The van der Waals surface area contributed by atoms with Gasteiger partial charge in [-0.1, -0.05) is 55.8 Å². The quantitative estimate of drug-likeness (QED) is 0.403. The lowest BCUT2D eigenvalue weighted by Gasteiger charge is -2.11. The number of amides is 2. The Morgan fingerprint density at radius 1 is 1.10 bits per heavy atom. The Kier molecular flexibility index (Phi) is 7.13. The van der Waals surface area contributed by atoms with Gasteiger partial charge < -0.3 is 10.1 Å². The van der Waals surface area contributed by atoms with E-state index in [-0.39, 0.29) is 6.61 Å². The summed E-state index contributed by atoms with van der Waals surface area (Å²) in [7, 11) is 0. The minimum absolute atomic E-state index is 0.245. The Hall–Kier alpha value is -2.83. The van der Waals surface area contributed by atoms with Crippen LogP contribution in [-0.2, 0) is 4.74 Å². The number of rotatable bonds is 6. The lowest BCUT2D eigenvalue weighted by atomic mass is 9.98. The van der Waals surface area contributed by atoms with Gasteiger partial charge in [0.05, 0.1) is 6.61 Å². The highest BCUT2D eigenvalue weighted by Gasteiger charge is 2.23. The van der Waals surface area contributed by atoms with Crippen molar-refractivity contribution >= 4 is 45.6 Å². The van der Waals surface area contributed by atoms with Crippen LogP contribution in [0.5, 0.6) is 0 Å². The standard InChI is InChI=1S/C23H23ClN2O3S/c1-4-29-22(27)20-19(16-10-8-15(9-11-16)14(2)3)13-30-21(20)26-23(28)25-18-7-5-6-17(24)12-18/h5-14H,4H2,1-3H3,(H2,25,26,28). The molecular formula is C23H23ClN2O3S. The number of ether oxygens (including phenoxy) is 1. The van der Waals surface area contributed by atoms with Crippen LogP contribution in [0.1, 0.15) is 42.6 Å². The number of carbonyl (C=O) groups is 2. The van der Waals surface area contributed by atoms with Gasteiger partial charge >= 0.3 is 12.0 Å². The monoisotopic (exact) mass is 442 g/mol. The molecule has 3 aromatic rings. The second kappa shape index (κ2) is 9.78. The van der Waals surface area contributed by atoms with Crippen molar-refractivity contribution in [1.29, 1.82) is 0 Å². The van der Waals surface area contributed by atoms with Crippen LogP contribution in [0.25, 0.3) is 11.1 Å². The van der Waals surface area contributed by atoms with Crippen LogP contribution in [0.2, 0.25) is 5.02 Å². The molecule has 1 heterocycles. The SMILES string of the molecule is CCOC(=O)c1c(-c2ccc(C(C)C)cc2)csc1NC(=O)Nc1cccc(Cl)c1. The maximum Gasteiger partial charge on any atom is 0.341 e. The molecule has 156 valence electrons. The summed E-state index contributed by atoms with van der Waals surface area (Å²) in [5.74, 6) is -0.0572. The van der Waals surface area contributed by atoms with Gasteiger partial charge in [-0.05, 0) is 42.2 Å². The summed E-state index contributed by atoms with van der Waals surface area (Å²) in [6.45, 7) is 6.25. The van der Waals surface area contributed by atoms with Crippen molar-refractivity contribution in [2.45, 2.75) is 26.7 Å². The summed E-state index contributed by atoms with van der Waals surface area (Å²) in [6, 6.07) is 14.4. The molecule has 0 aliphatic carbocycles. The van der Waals surface area contributed by atoms with E-state index in [4.69, 9.17) is 16.3 Å². The lowest BCUT2D eigenvalue weighted by molar-refractivity contribution is 0.0529. The smallest absolute Gasteiger partial charge is 0.341 e. The van der Waals surface area contributed by atoms with Crippen molar-refractivity contribution in [2.24, 2.45) is 0 Å². The summed E-state index contributed by atoms with van der Waals surface area (Å²) in [5.41, 5.74) is 3.74. The van der Waals surface area contributed by atoms with Crippen molar-refractivity contribution in [2.75, 3.05) is 17.2 Å². The Labute approximate surface area is 185 Å². The van der Waals surface area contributed by atoms with Gasteiger partial charge in [0.15, 0.2) is 0 Å². The van der Waals surface area contributed by atoms with Gasteiger partial charge in [0.2, 0.25) is 0 Å². The number of esters is 1. The lowest BCUT2D eigenvalue weighted by Crippen LogP contribution is -2.20. The number of thiophene rings is 1. The third kappa shape index (κ3) is 5.20. The van der Waals surface area contributed by atoms with Gasteiger partial charge in [-0.3, -0.25) is 5.32 Å². The second-order valence-electron chi connectivity index (χ2n) is 6.94. The minimum atomic E-state index is -0.472. The normalized spacial score (nSPS) is 10.7. The van der Waals surface area contributed by atoms with Crippen LogP contribution in [0.4, 0.5) is 15.5 Å². The summed E-state index contributed by atoms with van der Waals surface area (Å²) in [6.07, 6.45) is 0. The van der Waals surface area contributed by atoms with Gasteiger partial charge in [-0.25, -0.2) is 9.59 Å². The second-order valence-corrected chi connectivity index (χ2v) is 8.26. The predicted molar refractivity (Wildman–Crippen MR) is 124 cm³/mol. The maximum absolute atomic E-state index is 12.7. The maximum atomic E-state index is 12.7. The number of anilines is 2. The largest absolute Gasteiger partial charge is 0.462 e. The van der Waals surface area contributed by atoms with E-state index in [0.717, 1.165) is 11.1 Å². The van der Waals surface area contributed by atoms with Crippen LogP contribution in [0.15, 0.2) is 53.9 Å². The highest BCUT2D eigenvalue weighted by Crippen LogP contribution is 2.37. The van der Waals surface area contributed by atoms with E-state index in [2.05, 4.69) is 24.5 Å². The van der Waals surface area contributed by atoms with E-state index in [9.17, 15) is 9.59 Å². The molecule has 0 aliphatic rings. The van der Waals surface area contributed by atoms with Gasteiger partial charge in [0.25, 0.3) is 0 Å². The number of carbonyl (C=O) groups excluding carboxylic acids is 2. The molecule has 0 radical (unpaired) electrons. The molecule has 0 saturated carbocycles. The number of nitrogens with one attached hydrogen (secondary N) is 2. The van der Waals surface area contributed by atoms with E-state index in [0.29, 0.717) is 27.2 Å². The van der Waals surface area contributed by atoms with E-state index in [1.807, 2.05) is 29.6 Å². The average Bonchev–Trinajstić information content (AvgIpc) is 3.11. The molecule has 2 aromatic carbocycles. The number of benzene rings is 2. The van der Waals surface area contributed by atoms with Gasteiger partial charge in [-0.2, -0.15) is 0 Å². The molecule has 1 aromatic heterocycles. The number of hydrogen-bond acceptors (Lipinski definition) is 4. The molecular weight excluding hydrogens is 420 g/mol. The third-order valence-corrected chi connectivity index (χ3v) is 5.60. The molecule has 5 nitrogen and oxygen atoms in total. The first-order valence-corrected chi connectivity index (χ1v) is 10.9.